The number of hydrogen-bond acceptors (Lipinski definition) is 4. The van der Waals surface area contributed by atoms with E-state index in [2.05, 4.69) is 16.9 Å². The number of fused-ring (bicyclic) bond motifs is 1. The highest BCUT2D eigenvalue weighted by Crippen LogP contribution is 2.21. The first-order valence-corrected chi connectivity index (χ1v) is 7.51. The number of esters is 1. The average Bonchev–Trinajstić information content (AvgIpc) is 2.86. The number of amides is 1. The predicted molar refractivity (Wildman–Crippen MR) is 87.7 cm³/mol. The molecule has 0 spiro atoms. The highest BCUT2D eigenvalue weighted by Gasteiger charge is 2.20. The fourth-order valence-electron chi connectivity index (χ4n) is 2.31. The zero-order valence-electron chi connectivity index (χ0n) is 13.6. The van der Waals surface area contributed by atoms with Gasteiger partial charge < -0.3 is 14.6 Å². The summed E-state index contributed by atoms with van der Waals surface area (Å²) in [5, 5.41) is 2.83. The second-order valence-corrected chi connectivity index (χ2v) is 5.33. The van der Waals surface area contributed by atoms with E-state index in [-0.39, 0.29) is 24.5 Å². The number of carbonyl (C=O) groups is 2. The van der Waals surface area contributed by atoms with E-state index in [4.69, 9.17) is 4.74 Å². The molecule has 122 valence electrons. The lowest BCUT2D eigenvalue weighted by Crippen LogP contribution is -2.29. The van der Waals surface area contributed by atoms with Crippen molar-refractivity contribution in [3.8, 4) is 0 Å². The number of carbonyl (C=O) groups excluding carboxylic acids is 2. The topological polar surface area (TPSA) is 73.2 Å². The molecule has 1 atom stereocenters. The van der Waals surface area contributed by atoms with E-state index in [9.17, 15) is 9.59 Å². The molecule has 0 radical (unpaired) electrons. The van der Waals surface area contributed by atoms with Gasteiger partial charge in [-0.1, -0.05) is 18.7 Å². The third-order valence-electron chi connectivity index (χ3n) is 3.40. The minimum Gasteiger partial charge on any atom is -0.465 e. The van der Waals surface area contributed by atoms with Crippen molar-refractivity contribution in [2.45, 2.75) is 33.4 Å². The summed E-state index contributed by atoms with van der Waals surface area (Å²) in [7, 11) is 0. The van der Waals surface area contributed by atoms with Crippen molar-refractivity contribution in [3.05, 3.63) is 42.2 Å². The predicted octanol–water partition coefficient (Wildman–Crippen LogP) is 2.35. The molecule has 0 aliphatic rings. The molecule has 1 N–H and O–H groups in total. The maximum absolute atomic E-state index is 11.9. The largest absolute Gasteiger partial charge is 0.465 e. The molecule has 0 saturated heterocycles. The summed E-state index contributed by atoms with van der Waals surface area (Å²) in [6.07, 6.45) is 0. The van der Waals surface area contributed by atoms with Crippen LogP contribution >= 0.6 is 0 Å². The molecule has 0 fully saturated rings. The summed E-state index contributed by atoms with van der Waals surface area (Å²) >= 11 is 0. The molecule has 1 unspecified atom stereocenters. The van der Waals surface area contributed by atoms with Crippen LogP contribution in [-0.2, 0) is 20.9 Å². The highest BCUT2D eigenvalue weighted by molar-refractivity contribution is 5.92. The normalized spacial score (nSPS) is 12.0. The van der Waals surface area contributed by atoms with E-state index in [1.807, 2.05) is 31.2 Å². The zero-order valence-corrected chi connectivity index (χ0v) is 13.6. The first kappa shape index (κ1) is 16.7. The van der Waals surface area contributed by atoms with Gasteiger partial charge in [-0.2, -0.15) is 0 Å². The van der Waals surface area contributed by atoms with Crippen molar-refractivity contribution >= 4 is 22.9 Å². The number of nitrogens with zero attached hydrogens (tertiary/aromatic N) is 2. The smallest absolute Gasteiger partial charge is 0.326 e. The van der Waals surface area contributed by atoms with Crippen molar-refractivity contribution in [2.75, 3.05) is 6.61 Å². The van der Waals surface area contributed by atoms with Gasteiger partial charge in [-0.15, -0.1) is 0 Å². The van der Waals surface area contributed by atoms with Gasteiger partial charge in [0.2, 0.25) is 5.91 Å². The Morgan fingerprint density at radius 2 is 2.09 bits per heavy atom. The van der Waals surface area contributed by atoms with Crippen molar-refractivity contribution in [3.63, 3.8) is 0 Å². The fourth-order valence-corrected chi connectivity index (χ4v) is 2.31. The van der Waals surface area contributed by atoms with Gasteiger partial charge in [0, 0.05) is 5.57 Å². The Balaban J connectivity index is 2.39. The molecule has 0 aliphatic heterocycles. The molecule has 0 saturated carbocycles. The number of hydrogen-bond donors (Lipinski definition) is 1. The van der Waals surface area contributed by atoms with Gasteiger partial charge in [0.25, 0.3) is 0 Å². The Hall–Kier alpha value is -2.63. The van der Waals surface area contributed by atoms with Crippen LogP contribution in [0, 0.1) is 0 Å². The van der Waals surface area contributed by atoms with E-state index >= 15 is 0 Å². The Kier molecular flexibility index (Phi) is 5.16. The summed E-state index contributed by atoms with van der Waals surface area (Å²) in [5.74, 6) is 0.0245. The molecule has 0 bridgehead atoms. The van der Waals surface area contributed by atoms with E-state index in [0.29, 0.717) is 18.0 Å². The van der Waals surface area contributed by atoms with Gasteiger partial charge in [0.1, 0.15) is 12.4 Å². The Bertz CT molecular complexity index is 749. The van der Waals surface area contributed by atoms with Crippen LogP contribution in [0.1, 0.15) is 32.6 Å². The Morgan fingerprint density at radius 3 is 2.74 bits per heavy atom. The molecule has 2 rings (SSSR count). The number of aromatic nitrogens is 2. The molecular weight excluding hydrogens is 294 g/mol. The second kappa shape index (κ2) is 7.09. The quantitative estimate of drug-likeness (QED) is 0.656. The van der Waals surface area contributed by atoms with Crippen molar-refractivity contribution < 1.29 is 14.3 Å². The van der Waals surface area contributed by atoms with Gasteiger partial charge in [0.15, 0.2) is 0 Å². The van der Waals surface area contributed by atoms with Gasteiger partial charge in [-0.3, -0.25) is 9.59 Å². The standard InChI is InChI=1S/C17H21N3O3/c1-5-23-15(21)10-20-14-9-7-6-8-13(14)19-16(20)12(4)18-17(22)11(2)3/h6-9,12H,2,5,10H2,1,3-4H3,(H,18,22). The number of benzene rings is 1. The van der Waals surface area contributed by atoms with E-state index in [0.717, 1.165) is 11.0 Å². The molecule has 0 aliphatic carbocycles. The van der Waals surface area contributed by atoms with Gasteiger partial charge in [-0.25, -0.2) is 4.98 Å². The lowest BCUT2D eigenvalue weighted by Gasteiger charge is -2.16. The van der Waals surface area contributed by atoms with Crippen LogP contribution in [0.2, 0.25) is 0 Å². The molecule has 23 heavy (non-hydrogen) atoms. The summed E-state index contributed by atoms with van der Waals surface area (Å²) in [4.78, 5) is 28.3. The minimum atomic E-state index is -0.360. The number of ether oxygens (including phenoxy) is 1. The van der Waals surface area contributed by atoms with E-state index < -0.39 is 0 Å². The van der Waals surface area contributed by atoms with Crippen LogP contribution in [0.3, 0.4) is 0 Å². The zero-order chi connectivity index (χ0) is 17.0. The average molecular weight is 315 g/mol. The Morgan fingerprint density at radius 1 is 1.39 bits per heavy atom. The van der Waals surface area contributed by atoms with Crippen LogP contribution in [-0.4, -0.2) is 28.0 Å². The number of para-hydroxylation sites is 2. The summed E-state index contributed by atoms with van der Waals surface area (Å²) in [6, 6.07) is 7.16. The summed E-state index contributed by atoms with van der Waals surface area (Å²) in [6.45, 7) is 9.23. The molecule has 1 aromatic heterocycles. The molecule has 1 amide bonds. The molecule has 6 heteroatoms. The lowest BCUT2D eigenvalue weighted by atomic mass is 10.2. The van der Waals surface area contributed by atoms with Crippen molar-refractivity contribution in [2.24, 2.45) is 0 Å². The maximum Gasteiger partial charge on any atom is 0.326 e. The summed E-state index contributed by atoms with van der Waals surface area (Å²) < 4.78 is 6.80. The fraction of sp³-hybridized carbons (Fsp3) is 0.353. The maximum atomic E-state index is 11.9. The first-order chi connectivity index (χ1) is 10.9. The van der Waals surface area contributed by atoms with E-state index in [1.165, 1.54) is 0 Å². The van der Waals surface area contributed by atoms with Crippen LogP contribution in [0.15, 0.2) is 36.4 Å². The van der Waals surface area contributed by atoms with Crippen LogP contribution < -0.4 is 5.32 Å². The summed E-state index contributed by atoms with van der Waals surface area (Å²) in [5.41, 5.74) is 2.01. The molecule has 1 aromatic carbocycles. The third-order valence-corrected chi connectivity index (χ3v) is 3.40. The van der Waals surface area contributed by atoms with Gasteiger partial charge >= 0.3 is 5.97 Å². The number of imidazole rings is 1. The van der Waals surface area contributed by atoms with Crippen molar-refractivity contribution in [1.82, 2.24) is 14.9 Å². The number of nitrogens with one attached hydrogen (secondary N) is 1. The van der Waals surface area contributed by atoms with Gasteiger partial charge in [-0.05, 0) is 32.9 Å². The minimum absolute atomic E-state index is 0.0525. The van der Waals surface area contributed by atoms with Gasteiger partial charge in [0.05, 0.1) is 23.7 Å². The Labute approximate surface area is 135 Å². The monoisotopic (exact) mass is 315 g/mol. The molecule has 2 aromatic rings. The molecule has 1 heterocycles. The number of rotatable bonds is 6. The molecule has 6 nitrogen and oxygen atoms in total. The van der Waals surface area contributed by atoms with Crippen LogP contribution in [0.4, 0.5) is 0 Å². The SMILES string of the molecule is C=C(C)C(=O)NC(C)c1nc2ccccc2n1CC(=O)OCC. The highest BCUT2D eigenvalue weighted by atomic mass is 16.5. The third kappa shape index (κ3) is 3.77. The van der Waals surface area contributed by atoms with Crippen LogP contribution in [0.5, 0.6) is 0 Å². The van der Waals surface area contributed by atoms with Crippen LogP contribution in [0.25, 0.3) is 11.0 Å². The second-order valence-electron chi connectivity index (χ2n) is 5.33. The van der Waals surface area contributed by atoms with E-state index in [1.54, 1.807) is 18.4 Å². The molecular formula is C17H21N3O3. The lowest BCUT2D eigenvalue weighted by molar-refractivity contribution is -0.143. The van der Waals surface area contributed by atoms with Crippen molar-refractivity contribution in [1.29, 1.82) is 0 Å². The first-order valence-electron chi connectivity index (χ1n) is 7.51.